The molecule has 0 saturated carbocycles. The number of carbonyl (C=O) groups excluding carboxylic acids is 1. The predicted molar refractivity (Wildman–Crippen MR) is 70.3 cm³/mol. The minimum absolute atomic E-state index is 0.0555. The van der Waals surface area contributed by atoms with Crippen LogP contribution in [0.4, 0.5) is 15.8 Å². The highest BCUT2D eigenvalue weighted by Crippen LogP contribution is 2.21. The van der Waals surface area contributed by atoms with Crippen LogP contribution in [0.15, 0.2) is 36.5 Å². The first-order valence-electron chi connectivity index (χ1n) is 5.35. The van der Waals surface area contributed by atoms with Gasteiger partial charge in [-0.05, 0) is 12.1 Å². The largest absolute Gasteiger partial charge is 0.319 e. The second kappa shape index (κ2) is 5.62. The summed E-state index contributed by atoms with van der Waals surface area (Å²) in [6.45, 7) is 0. The molecule has 102 valence electrons. The Bertz CT molecular complexity index is 693. The number of pyridine rings is 1. The Kier molecular flexibility index (Phi) is 3.90. The minimum atomic E-state index is -0.781. The van der Waals surface area contributed by atoms with Gasteiger partial charge >= 0.3 is 0 Å². The molecule has 1 heterocycles. The van der Waals surface area contributed by atoms with Crippen LogP contribution in [-0.4, -0.2) is 15.8 Å². The molecule has 1 amide bonds. The number of amides is 1. The summed E-state index contributed by atoms with van der Waals surface area (Å²) in [6, 6.07) is 6.50. The van der Waals surface area contributed by atoms with Crippen LogP contribution in [0.5, 0.6) is 0 Å². The normalized spacial score (nSPS) is 10.1. The molecule has 0 bridgehead atoms. The Morgan fingerprint density at radius 2 is 2.10 bits per heavy atom. The Morgan fingerprint density at radius 1 is 1.40 bits per heavy atom. The number of aromatic nitrogens is 1. The van der Waals surface area contributed by atoms with Gasteiger partial charge in [-0.1, -0.05) is 23.7 Å². The van der Waals surface area contributed by atoms with Crippen molar-refractivity contribution in [3.63, 3.8) is 0 Å². The monoisotopic (exact) mass is 295 g/mol. The van der Waals surface area contributed by atoms with Crippen LogP contribution in [0.2, 0.25) is 5.15 Å². The molecule has 0 unspecified atom stereocenters. The van der Waals surface area contributed by atoms with Crippen molar-refractivity contribution < 1.29 is 14.1 Å². The van der Waals surface area contributed by atoms with Crippen molar-refractivity contribution in [3.05, 3.63) is 63.2 Å². The molecule has 0 aliphatic rings. The fourth-order valence-corrected chi connectivity index (χ4v) is 1.64. The van der Waals surface area contributed by atoms with E-state index in [9.17, 15) is 19.3 Å². The molecule has 0 aliphatic heterocycles. The lowest BCUT2D eigenvalue weighted by molar-refractivity contribution is -0.385. The van der Waals surface area contributed by atoms with Crippen LogP contribution in [0.25, 0.3) is 0 Å². The zero-order chi connectivity index (χ0) is 14.7. The maximum absolute atomic E-state index is 13.4. The van der Waals surface area contributed by atoms with Gasteiger partial charge in [-0.3, -0.25) is 14.9 Å². The van der Waals surface area contributed by atoms with Gasteiger partial charge in [0, 0.05) is 6.07 Å². The summed E-state index contributed by atoms with van der Waals surface area (Å²) >= 11 is 5.71. The van der Waals surface area contributed by atoms with Gasteiger partial charge < -0.3 is 5.32 Å². The van der Waals surface area contributed by atoms with E-state index in [0.717, 1.165) is 12.3 Å². The second-order valence-corrected chi connectivity index (χ2v) is 4.08. The fourth-order valence-electron chi connectivity index (χ4n) is 1.45. The van der Waals surface area contributed by atoms with E-state index in [1.807, 2.05) is 0 Å². The highest BCUT2D eigenvalue weighted by molar-refractivity contribution is 6.33. The topological polar surface area (TPSA) is 85.1 Å². The summed E-state index contributed by atoms with van der Waals surface area (Å²) in [5, 5.41) is 12.7. The molecule has 0 saturated heterocycles. The van der Waals surface area contributed by atoms with Crippen molar-refractivity contribution in [2.24, 2.45) is 0 Å². The minimum Gasteiger partial charge on any atom is -0.319 e. The van der Waals surface area contributed by atoms with E-state index in [1.165, 1.54) is 24.3 Å². The summed E-state index contributed by atoms with van der Waals surface area (Å²) in [5.41, 5.74) is -0.641. The van der Waals surface area contributed by atoms with Gasteiger partial charge in [0.2, 0.25) is 0 Å². The standard InChI is InChI=1S/C12H7ClFN3O3/c13-11-8(5-7(6-15-11)17(19)20)12(18)16-10-4-2-1-3-9(10)14/h1-6H,(H,16,18). The average Bonchev–Trinajstić information content (AvgIpc) is 2.41. The summed E-state index contributed by atoms with van der Waals surface area (Å²) in [7, 11) is 0. The summed E-state index contributed by atoms with van der Waals surface area (Å²) in [5.74, 6) is -1.41. The third kappa shape index (κ3) is 2.89. The first-order valence-corrected chi connectivity index (χ1v) is 5.72. The lowest BCUT2D eigenvalue weighted by Crippen LogP contribution is -2.14. The zero-order valence-electron chi connectivity index (χ0n) is 9.84. The number of hydrogen-bond acceptors (Lipinski definition) is 4. The summed E-state index contributed by atoms with van der Waals surface area (Å²) in [6.07, 6.45) is 0.933. The number of carbonyl (C=O) groups is 1. The van der Waals surface area contributed by atoms with Crippen molar-refractivity contribution in [1.29, 1.82) is 0 Å². The number of halogens is 2. The number of anilines is 1. The van der Waals surface area contributed by atoms with Gasteiger partial charge in [-0.2, -0.15) is 0 Å². The molecule has 0 spiro atoms. The molecule has 1 aromatic carbocycles. The number of nitrogens with zero attached hydrogens (tertiary/aromatic N) is 2. The van der Waals surface area contributed by atoms with Gasteiger partial charge in [0.15, 0.2) is 0 Å². The van der Waals surface area contributed by atoms with Crippen molar-refractivity contribution in [1.82, 2.24) is 4.98 Å². The predicted octanol–water partition coefficient (Wildman–Crippen LogP) is 3.03. The molecular formula is C12H7ClFN3O3. The third-order valence-electron chi connectivity index (χ3n) is 2.40. The van der Waals surface area contributed by atoms with Gasteiger partial charge in [0.05, 0.1) is 16.2 Å². The van der Waals surface area contributed by atoms with Crippen LogP contribution in [0.1, 0.15) is 10.4 Å². The lowest BCUT2D eigenvalue weighted by atomic mass is 10.2. The first kappa shape index (κ1) is 13.9. The van der Waals surface area contributed by atoms with Gasteiger partial charge in [0.1, 0.15) is 17.2 Å². The number of para-hydroxylation sites is 1. The lowest BCUT2D eigenvalue weighted by Gasteiger charge is -2.06. The second-order valence-electron chi connectivity index (χ2n) is 3.72. The van der Waals surface area contributed by atoms with Crippen molar-refractivity contribution in [3.8, 4) is 0 Å². The molecule has 0 atom stereocenters. The molecule has 6 nitrogen and oxygen atoms in total. The van der Waals surface area contributed by atoms with Crippen molar-refractivity contribution in [2.45, 2.75) is 0 Å². The Hall–Kier alpha value is -2.54. The van der Waals surface area contributed by atoms with Gasteiger partial charge in [0.25, 0.3) is 11.6 Å². The maximum atomic E-state index is 13.4. The van der Waals surface area contributed by atoms with E-state index in [4.69, 9.17) is 11.6 Å². The van der Waals surface area contributed by atoms with Crippen LogP contribution in [-0.2, 0) is 0 Å². The highest BCUT2D eigenvalue weighted by Gasteiger charge is 2.18. The van der Waals surface area contributed by atoms with Crippen LogP contribution in [0, 0.1) is 15.9 Å². The number of nitrogens with one attached hydrogen (secondary N) is 1. The quantitative estimate of drug-likeness (QED) is 0.536. The molecule has 1 aromatic heterocycles. The number of nitro groups is 1. The first-order chi connectivity index (χ1) is 9.49. The highest BCUT2D eigenvalue weighted by atomic mass is 35.5. The molecule has 0 aliphatic carbocycles. The number of benzene rings is 1. The number of hydrogen-bond donors (Lipinski definition) is 1. The Balaban J connectivity index is 2.32. The smallest absolute Gasteiger partial charge is 0.288 e. The van der Waals surface area contributed by atoms with Gasteiger partial charge in [-0.25, -0.2) is 9.37 Å². The van der Waals surface area contributed by atoms with Crippen LogP contribution in [0.3, 0.4) is 0 Å². The molecule has 1 N–H and O–H groups in total. The molecule has 8 heteroatoms. The van der Waals surface area contributed by atoms with Crippen molar-refractivity contribution in [2.75, 3.05) is 5.32 Å². The summed E-state index contributed by atoms with van der Waals surface area (Å²) < 4.78 is 13.4. The average molecular weight is 296 g/mol. The third-order valence-corrected chi connectivity index (χ3v) is 2.70. The van der Waals surface area contributed by atoms with E-state index >= 15 is 0 Å². The van der Waals surface area contributed by atoms with Crippen molar-refractivity contribution >= 4 is 28.9 Å². The summed E-state index contributed by atoms with van der Waals surface area (Å²) in [4.78, 5) is 25.4. The number of rotatable bonds is 3. The van der Waals surface area contributed by atoms with E-state index in [0.29, 0.717) is 0 Å². The SMILES string of the molecule is O=C(Nc1ccccc1F)c1cc([N+](=O)[O-])cnc1Cl. The zero-order valence-corrected chi connectivity index (χ0v) is 10.6. The molecule has 0 fully saturated rings. The molecule has 2 rings (SSSR count). The Morgan fingerprint density at radius 3 is 2.75 bits per heavy atom. The van der Waals surface area contributed by atoms with E-state index < -0.39 is 16.6 Å². The Labute approximate surface area is 117 Å². The van der Waals surface area contributed by atoms with Crippen LogP contribution >= 0.6 is 11.6 Å². The maximum Gasteiger partial charge on any atom is 0.288 e. The van der Waals surface area contributed by atoms with Gasteiger partial charge in [-0.15, -0.1) is 0 Å². The fraction of sp³-hybridized carbons (Fsp3) is 0. The molecule has 0 radical (unpaired) electrons. The molecule has 2 aromatic rings. The van der Waals surface area contributed by atoms with E-state index in [-0.39, 0.29) is 22.1 Å². The van der Waals surface area contributed by atoms with Crippen LogP contribution < -0.4 is 5.32 Å². The van der Waals surface area contributed by atoms with E-state index in [1.54, 1.807) is 0 Å². The molecule has 20 heavy (non-hydrogen) atoms. The van der Waals surface area contributed by atoms with E-state index in [2.05, 4.69) is 10.3 Å². The molecular weight excluding hydrogens is 289 g/mol.